The number of nitrogens with zero attached hydrogens (tertiary/aromatic N) is 2. The second-order valence-corrected chi connectivity index (χ2v) is 8.41. The molecule has 1 atom stereocenters. The van der Waals surface area contributed by atoms with Gasteiger partial charge in [0.05, 0.1) is 18.9 Å². The molecule has 0 saturated carbocycles. The molecule has 0 fully saturated rings. The van der Waals surface area contributed by atoms with E-state index in [1.807, 2.05) is 54.2 Å². The van der Waals surface area contributed by atoms with Crippen molar-refractivity contribution in [2.24, 2.45) is 7.05 Å². The molecule has 0 amide bonds. The van der Waals surface area contributed by atoms with Crippen molar-refractivity contribution in [3.63, 3.8) is 0 Å². The summed E-state index contributed by atoms with van der Waals surface area (Å²) in [5.41, 5.74) is 3.21. The number of imidazole rings is 1. The number of rotatable bonds is 7. The van der Waals surface area contributed by atoms with Crippen LogP contribution in [0.25, 0.3) is 0 Å². The Bertz CT molecular complexity index is 1050. The molecule has 0 aliphatic carbocycles. The lowest BCUT2D eigenvalue weighted by Crippen LogP contribution is -2.18. The van der Waals surface area contributed by atoms with Crippen LogP contribution in [0.5, 0.6) is 11.5 Å². The molecule has 0 bridgehead atoms. The predicted molar refractivity (Wildman–Crippen MR) is 113 cm³/mol. The second-order valence-electron chi connectivity index (χ2n) is 8.41. The zero-order valence-corrected chi connectivity index (χ0v) is 17.5. The molecule has 3 aromatic rings. The molecule has 30 heavy (non-hydrogen) atoms. The number of hydrogen-bond donors (Lipinski definition) is 1. The van der Waals surface area contributed by atoms with Gasteiger partial charge in [-0.3, -0.25) is 4.79 Å². The van der Waals surface area contributed by atoms with Crippen LogP contribution >= 0.6 is 0 Å². The molecular weight excluding hydrogens is 380 g/mol. The average molecular weight is 406 g/mol. The summed E-state index contributed by atoms with van der Waals surface area (Å²) in [6.07, 6.45) is 3.49. The number of carbonyl (C=O) groups is 1. The Balaban J connectivity index is 1.47. The highest BCUT2D eigenvalue weighted by Gasteiger charge is 2.31. The first-order valence-electron chi connectivity index (χ1n) is 10.0. The summed E-state index contributed by atoms with van der Waals surface area (Å²) < 4.78 is 13.6. The van der Waals surface area contributed by atoms with Crippen LogP contribution in [0.2, 0.25) is 0 Å². The van der Waals surface area contributed by atoms with Crippen molar-refractivity contribution in [2.45, 2.75) is 38.2 Å². The van der Waals surface area contributed by atoms with Gasteiger partial charge in [-0.2, -0.15) is 0 Å². The van der Waals surface area contributed by atoms with Crippen LogP contribution in [0.3, 0.4) is 0 Å². The highest BCUT2D eigenvalue weighted by atomic mass is 16.5. The third-order valence-electron chi connectivity index (χ3n) is 5.60. The van der Waals surface area contributed by atoms with Crippen LogP contribution in [-0.4, -0.2) is 27.2 Å². The summed E-state index contributed by atoms with van der Waals surface area (Å²) in [5.74, 6) is 1.26. The monoisotopic (exact) mass is 406 g/mol. The fraction of sp³-hybridized carbons (Fsp3) is 0.333. The van der Waals surface area contributed by atoms with Crippen molar-refractivity contribution in [1.29, 1.82) is 0 Å². The highest BCUT2D eigenvalue weighted by molar-refractivity contribution is 5.68. The first kappa shape index (κ1) is 20.0. The van der Waals surface area contributed by atoms with E-state index in [0.29, 0.717) is 13.2 Å². The largest absolute Gasteiger partial charge is 0.492 e. The Hall–Kier alpha value is -3.28. The van der Waals surface area contributed by atoms with E-state index in [4.69, 9.17) is 9.47 Å². The van der Waals surface area contributed by atoms with Crippen LogP contribution in [0.4, 0.5) is 0 Å². The Labute approximate surface area is 176 Å². The molecule has 1 aliphatic heterocycles. The van der Waals surface area contributed by atoms with Gasteiger partial charge in [0.15, 0.2) is 0 Å². The third kappa shape index (κ3) is 4.03. The fourth-order valence-corrected chi connectivity index (χ4v) is 3.87. The summed E-state index contributed by atoms with van der Waals surface area (Å²) >= 11 is 0. The maximum absolute atomic E-state index is 11.4. The summed E-state index contributed by atoms with van der Waals surface area (Å²) in [6.45, 7) is 5.51. The van der Waals surface area contributed by atoms with Gasteiger partial charge in [-0.1, -0.05) is 32.0 Å². The normalized spacial score (nSPS) is 15.3. The van der Waals surface area contributed by atoms with Crippen molar-refractivity contribution in [3.8, 4) is 11.5 Å². The smallest absolute Gasteiger partial charge is 0.304 e. The van der Waals surface area contributed by atoms with Gasteiger partial charge in [0, 0.05) is 30.4 Å². The number of fused-ring (bicyclic) bond motifs is 1. The van der Waals surface area contributed by atoms with E-state index in [2.05, 4.69) is 24.9 Å². The molecule has 6 nitrogen and oxygen atoms in total. The number of hydrogen-bond acceptors (Lipinski definition) is 4. The Kier molecular flexibility index (Phi) is 5.24. The quantitative estimate of drug-likeness (QED) is 0.634. The molecule has 2 heterocycles. The predicted octanol–water partition coefficient (Wildman–Crippen LogP) is 4.28. The molecule has 0 unspecified atom stereocenters. The number of carboxylic acid groups (broad SMARTS) is 1. The average Bonchev–Trinajstić information content (AvgIpc) is 3.27. The van der Waals surface area contributed by atoms with Gasteiger partial charge in [-0.15, -0.1) is 0 Å². The molecule has 6 heteroatoms. The van der Waals surface area contributed by atoms with Crippen molar-refractivity contribution in [3.05, 3.63) is 77.4 Å². The number of benzene rings is 2. The lowest BCUT2D eigenvalue weighted by atomic mass is 9.86. The topological polar surface area (TPSA) is 73.6 Å². The number of carboxylic acids is 1. The van der Waals surface area contributed by atoms with Crippen LogP contribution in [0.1, 0.15) is 48.7 Å². The van der Waals surface area contributed by atoms with Gasteiger partial charge < -0.3 is 19.1 Å². The summed E-state index contributed by atoms with van der Waals surface area (Å²) in [6, 6.07) is 13.8. The van der Waals surface area contributed by atoms with Gasteiger partial charge in [0.2, 0.25) is 0 Å². The first-order chi connectivity index (χ1) is 14.3. The van der Waals surface area contributed by atoms with Gasteiger partial charge in [0.25, 0.3) is 0 Å². The number of aryl methyl sites for hydroxylation is 1. The Morgan fingerprint density at radius 3 is 2.70 bits per heavy atom. The zero-order chi connectivity index (χ0) is 21.3. The van der Waals surface area contributed by atoms with Crippen molar-refractivity contribution in [1.82, 2.24) is 9.55 Å². The van der Waals surface area contributed by atoms with Gasteiger partial charge >= 0.3 is 5.97 Å². The van der Waals surface area contributed by atoms with Crippen molar-refractivity contribution < 1.29 is 19.4 Å². The summed E-state index contributed by atoms with van der Waals surface area (Å²) in [4.78, 5) is 15.7. The van der Waals surface area contributed by atoms with Crippen molar-refractivity contribution >= 4 is 5.97 Å². The van der Waals surface area contributed by atoms with E-state index in [1.54, 1.807) is 6.20 Å². The van der Waals surface area contributed by atoms with E-state index >= 15 is 0 Å². The molecule has 1 aromatic heterocycles. The molecule has 0 radical (unpaired) electrons. The minimum atomic E-state index is -0.855. The second kappa shape index (κ2) is 7.86. The number of ether oxygens (including phenoxy) is 2. The maximum Gasteiger partial charge on any atom is 0.304 e. The standard InChI is InChI=1S/C24H26N2O4/c1-24(2)15-30-21-9-4-16(12-20(21)24)14-29-18-7-5-17(6-8-18)19(13-22(27)28)23-25-10-11-26(23)3/h4-12,19H,13-15H2,1-3H3,(H,27,28)/t19-/m0/s1. The molecular formula is C24H26N2O4. The van der Waals surface area contributed by atoms with Crippen LogP contribution in [0.15, 0.2) is 54.9 Å². The molecule has 0 saturated heterocycles. The van der Waals surface area contributed by atoms with Crippen LogP contribution in [0, 0.1) is 0 Å². The Morgan fingerprint density at radius 2 is 2.03 bits per heavy atom. The molecule has 1 aliphatic rings. The molecule has 4 rings (SSSR count). The van der Waals surface area contributed by atoms with E-state index < -0.39 is 5.97 Å². The van der Waals surface area contributed by atoms with E-state index in [-0.39, 0.29) is 17.8 Å². The molecule has 0 spiro atoms. The summed E-state index contributed by atoms with van der Waals surface area (Å²) in [5, 5.41) is 9.33. The lowest BCUT2D eigenvalue weighted by molar-refractivity contribution is -0.137. The van der Waals surface area contributed by atoms with E-state index in [0.717, 1.165) is 28.5 Å². The van der Waals surface area contributed by atoms with Crippen LogP contribution in [-0.2, 0) is 23.9 Å². The minimum absolute atomic E-state index is 0.0110. The number of aromatic nitrogens is 2. The Morgan fingerprint density at radius 1 is 1.27 bits per heavy atom. The van der Waals surface area contributed by atoms with E-state index in [1.165, 1.54) is 5.56 Å². The minimum Gasteiger partial charge on any atom is -0.492 e. The zero-order valence-electron chi connectivity index (χ0n) is 17.5. The number of aliphatic carboxylic acids is 1. The van der Waals surface area contributed by atoms with Gasteiger partial charge in [0.1, 0.15) is 23.9 Å². The fourth-order valence-electron chi connectivity index (χ4n) is 3.87. The SMILES string of the molecule is Cn1ccnc1[C@@H](CC(=O)O)c1ccc(OCc2ccc3c(c2)C(C)(C)CO3)cc1. The third-order valence-corrected chi connectivity index (χ3v) is 5.60. The first-order valence-corrected chi connectivity index (χ1v) is 10.0. The van der Waals surface area contributed by atoms with E-state index in [9.17, 15) is 9.90 Å². The van der Waals surface area contributed by atoms with Gasteiger partial charge in [-0.05, 0) is 35.4 Å². The molecule has 2 aromatic carbocycles. The molecule has 156 valence electrons. The van der Waals surface area contributed by atoms with Crippen molar-refractivity contribution in [2.75, 3.05) is 6.61 Å². The molecule has 1 N–H and O–H groups in total. The highest BCUT2D eigenvalue weighted by Crippen LogP contribution is 2.38. The van der Waals surface area contributed by atoms with Crippen LogP contribution < -0.4 is 9.47 Å². The summed E-state index contributed by atoms with van der Waals surface area (Å²) in [7, 11) is 1.87. The maximum atomic E-state index is 11.4. The van der Waals surface area contributed by atoms with Gasteiger partial charge in [-0.25, -0.2) is 4.98 Å². The lowest BCUT2D eigenvalue weighted by Gasteiger charge is -2.17.